The van der Waals surface area contributed by atoms with E-state index in [0.717, 1.165) is 0 Å². The number of benzene rings is 1. The van der Waals surface area contributed by atoms with Crippen molar-refractivity contribution in [3.63, 3.8) is 0 Å². The molecule has 0 saturated carbocycles. The molecule has 180 valence electrons. The summed E-state index contributed by atoms with van der Waals surface area (Å²) in [6.07, 6.45) is 0.288. The molecule has 0 bridgehead atoms. The van der Waals surface area contributed by atoms with E-state index in [2.05, 4.69) is 15.3 Å². The predicted molar refractivity (Wildman–Crippen MR) is 126 cm³/mol. The van der Waals surface area contributed by atoms with E-state index in [1.807, 2.05) is 11.0 Å². The molecule has 4 N–H and O–H groups in total. The van der Waals surface area contributed by atoms with Gasteiger partial charge in [0.05, 0.1) is 36.0 Å². The maximum atomic E-state index is 12.7. The molecule has 1 aliphatic heterocycles. The third-order valence-corrected chi connectivity index (χ3v) is 6.16. The summed E-state index contributed by atoms with van der Waals surface area (Å²) in [6, 6.07) is 9.40. The number of piperazine rings is 1. The average molecular weight is 497 g/mol. The number of carbonyl (C=O) groups excluding carboxylic acids is 1. The topological polar surface area (TPSA) is 163 Å². The maximum Gasteiger partial charge on any atom is 0.407 e. The molecular formula is C23H21ClN6O5. The van der Waals surface area contributed by atoms with Gasteiger partial charge in [-0.25, -0.2) is 14.8 Å². The first-order valence-electron chi connectivity index (χ1n) is 10.6. The molecule has 0 spiro atoms. The molecule has 1 unspecified atom stereocenters. The number of carboxylic acid groups (broad SMARTS) is 1. The molecule has 35 heavy (non-hydrogen) atoms. The number of carbonyl (C=O) groups is 2. The first-order valence-corrected chi connectivity index (χ1v) is 11.0. The van der Waals surface area contributed by atoms with Gasteiger partial charge < -0.3 is 25.5 Å². The Balaban J connectivity index is 1.51. The molecular weight excluding hydrogens is 476 g/mol. The number of hydrogen-bond donors (Lipinski definition) is 4. The molecule has 2 amide bonds. The van der Waals surface area contributed by atoms with Crippen LogP contribution in [-0.4, -0.2) is 74.5 Å². The van der Waals surface area contributed by atoms with Crippen LogP contribution < -0.4 is 10.2 Å². The lowest BCUT2D eigenvalue weighted by atomic mass is 10.1. The van der Waals surface area contributed by atoms with Gasteiger partial charge in [-0.1, -0.05) is 17.7 Å². The Morgan fingerprint density at radius 2 is 2.06 bits per heavy atom. The van der Waals surface area contributed by atoms with Crippen molar-refractivity contribution in [3.05, 3.63) is 58.4 Å². The number of anilines is 1. The number of rotatable bonds is 5. The van der Waals surface area contributed by atoms with Gasteiger partial charge in [-0.05, 0) is 29.8 Å². The molecule has 1 aromatic carbocycles. The summed E-state index contributed by atoms with van der Waals surface area (Å²) in [6.45, 7) is 0.628. The minimum atomic E-state index is -1.09. The second-order valence-corrected chi connectivity index (χ2v) is 8.32. The van der Waals surface area contributed by atoms with Crippen molar-refractivity contribution in [2.75, 3.05) is 31.1 Å². The van der Waals surface area contributed by atoms with Crippen molar-refractivity contribution >= 4 is 40.3 Å². The fourth-order valence-corrected chi connectivity index (χ4v) is 4.16. The Hall–Kier alpha value is -4.14. The van der Waals surface area contributed by atoms with Crippen molar-refractivity contribution in [1.29, 1.82) is 5.26 Å². The van der Waals surface area contributed by atoms with Gasteiger partial charge in [0, 0.05) is 36.6 Å². The van der Waals surface area contributed by atoms with Gasteiger partial charge >= 0.3 is 6.09 Å². The molecule has 2 aromatic heterocycles. The number of nitriles is 1. The Morgan fingerprint density at radius 3 is 2.74 bits per heavy atom. The van der Waals surface area contributed by atoms with Crippen LogP contribution in [-0.2, 0) is 6.54 Å². The highest BCUT2D eigenvalue weighted by Gasteiger charge is 2.30. The van der Waals surface area contributed by atoms with Gasteiger partial charge in [-0.3, -0.25) is 9.69 Å². The van der Waals surface area contributed by atoms with Gasteiger partial charge in [-0.2, -0.15) is 5.26 Å². The maximum absolute atomic E-state index is 12.7. The number of aliphatic hydroxyl groups is 1. The van der Waals surface area contributed by atoms with Gasteiger partial charge in [0.15, 0.2) is 11.4 Å². The number of hydrogen-bond acceptors (Lipinski definition) is 8. The van der Waals surface area contributed by atoms with Gasteiger partial charge in [-0.15, -0.1) is 0 Å². The first kappa shape index (κ1) is 24.0. The number of pyridine rings is 2. The minimum Gasteiger partial charge on any atom is -0.505 e. The molecule has 0 radical (unpaired) electrons. The van der Waals surface area contributed by atoms with Gasteiger partial charge in [0.25, 0.3) is 5.91 Å². The zero-order chi connectivity index (χ0) is 25.1. The highest BCUT2D eigenvalue weighted by molar-refractivity contribution is 6.31. The highest BCUT2D eigenvalue weighted by atomic mass is 35.5. The Kier molecular flexibility index (Phi) is 6.86. The number of fused-ring (bicyclic) bond motifs is 1. The third-order valence-electron chi connectivity index (χ3n) is 5.81. The zero-order valence-corrected chi connectivity index (χ0v) is 19.1. The van der Waals surface area contributed by atoms with E-state index in [-0.39, 0.29) is 37.7 Å². The van der Waals surface area contributed by atoms with E-state index in [4.69, 9.17) is 16.9 Å². The van der Waals surface area contributed by atoms with Crippen LogP contribution in [0.4, 0.5) is 10.6 Å². The number of aromatic nitrogens is 2. The normalized spacial score (nSPS) is 15.6. The molecule has 3 aromatic rings. The van der Waals surface area contributed by atoms with Crippen LogP contribution in [0.25, 0.3) is 10.9 Å². The predicted octanol–water partition coefficient (Wildman–Crippen LogP) is 1.95. The number of aromatic hydroxyl groups is 1. The van der Waals surface area contributed by atoms with Crippen LogP contribution in [0.1, 0.15) is 21.6 Å². The lowest BCUT2D eigenvalue weighted by Crippen LogP contribution is -2.56. The zero-order valence-electron chi connectivity index (χ0n) is 18.3. The van der Waals surface area contributed by atoms with Crippen LogP contribution in [0.3, 0.4) is 0 Å². The summed E-state index contributed by atoms with van der Waals surface area (Å²) in [7, 11) is 0. The van der Waals surface area contributed by atoms with E-state index in [1.54, 1.807) is 24.3 Å². The molecule has 0 aliphatic carbocycles. The van der Waals surface area contributed by atoms with E-state index in [0.29, 0.717) is 39.4 Å². The molecule has 12 heteroatoms. The van der Waals surface area contributed by atoms with Crippen molar-refractivity contribution in [1.82, 2.24) is 20.2 Å². The van der Waals surface area contributed by atoms with E-state index in [9.17, 15) is 24.9 Å². The molecule has 1 atom stereocenters. The highest BCUT2D eigenvalue weighted by Crippen LogP contribution is 2.29. The van der Waals surface area contributed by atoms with E-state index in [1.165, 1.54) is 17.2 Å². The van der Waals surface area contributed by atoms with Crippen molar-refractivity contribution in [3.8, 4) is 11.8 Å². The second-order valence-electron chi connectivity index (χ2n) is 7.92. The van der Waals surface area contributed by atoms with E-state index >= 15 is 0 Å². The summed E-state index contributed by atoms with van der Waals surface area (Å²) in [5.41, 5.74) is 1.19. The monoisotopic (exact) mass is 496 g/mol. The lowest BCUT2D eigenvalue weighted by molar-refractivity contribution is 0.0908. The van der Waals surface area contributed by atoms with E-state index < -0.39 is 18.0 Å². The minimum absolute atomic E-state index is 0.0774. The molecule has 3 heterocycles. The van der Waals surface area contributed by atoms with Gasteiger partial charge in [0.1, 0.15) is 5.82 Å². The fourth-order valence-electron chi connectivity index (χ4n) is 3.91. The SMILES string of the molecule is N#Cc1ccc(CNC(=O)c2ncc3nc(N4CCN(C(=O)O)C(CO)C4)ccc3c2O)c(Cl)c1. The summed E-state index contributed by atoms with van der Waals surface area (Å²) in [5.74, 6) is -0.395. The lowest BCUT2D eigenvalue weighted by Gasteiger charge is -2.39. The Labute approximate surface area is 204 Å². The second kappa shape index (κ2) is 10.0. The average Bonchev–Trinajstić information content (AvgIpc) is 2.87. The molecule has 1 aliphatic rings. The number of amides is 2. The first-order chi connectivity index (χ1) is 16.8. The van der Waals surface area contributed by atoms with Crippen LogP contribution in [0.15, 0.2) is 36.5 Å². The number of halogens is 1. The molecule has 1 fully saturated rings. The van der Waals surface area contributed by atoms with Crippen LogP contribution >= 0.6 is 11.6 Å². The van der Waals surface area contributed by atoms with Crippen molar-refractivity contribution < 1.29 is 24.9 Å². The molecule has 4 rings (SSSR count). The van der Waals surface area contributed by atoms with Crippen molar-refractivity contribution in [2.24, 2.45) is 0 Å². The summed E-state index contributed by atoms with van der Waals surface area (Å²) >= 11 is 6.14. The molecule has 1 saturated heterocycles. The standard InChI is InChI=1S/C23H21ClN6O5/c24-17-7-13(8-25)1-2-14(17)9-27-22(33)20-21(32)16-3-4-19(28-18(16)10-26-20)29-5-6-30(23(34)35)15(11-29)12-31/h1-4,7,10,15,31-32H,5-6,9,11-12H2,(H,27,33)(H,34,35). The van der Waals surface area contributed by atoms with Crippen LogP contribution in [0.5, 0.6) is 5.75 Å². The van der Waals surface area contributed by atoms with Crippen molar-refractivity contribution in [2.45, 2.75) is 12.6 Å². The summed E-state index contributed by atoms with van der Waals surface area (Å²) in [5, 5.41) is 41.8. The molecule has 11 nitrogen and oxygen atoms in total. The van der Waals surface area contributed by atoms with Crippen LogP contribution in [0.2, 0.25) is 5.02 Å². The Morgan fingerprint density at radius 1 is 1.26 bits per heavy atom. The van der Waals surface area contributed by atoms with Gasteiger partial charge in [0.2, 0.25) is 0 Å². The largest absolute Gasteiger partial charge is 0.505 e. The Bertz CT molecular complexity index is 1340. The summed E-state index contributed by atoms with van der Waals surface area (Å²) < 4.78 is 0. The smallest absolute Gasteiger partial charge is 0.407 e. The number of nitrogens with zero attached hydrogens (tertiary/aromatic N) is 5. The third kappa shape index (κ3) is 4.89. The number of aliphatic hydroxyl groups excluding tert-OH is 1. The summed E-state index contributed by atoms with van der Waals surface area (Å²) in [4.78, 5) is 35.6. The van der Waals surface area contributed by atoms with Crippen LogP contribution in [0, 0.1) is 11.3 Å². The quantitative estimate of drug-likeness (QED) is 0.413. The number of nitrogens with one attached hydrogen (secondary N) is 1. The fraction of sp³-hybridized carbons (Fsp3) is 0.261.